The number of nitrogens with zero attached hydrogens (tertiary/aromatic N) is 3. The normalized spacial score (nSPS) is 17.9. The van der Waals surface area contributed by atoms with Crippen LogP contribution in [0.4, 0.5) is 5.13 Å². The topological polar surface area (TPSA) is 92.6 Å². The maximum Gasteiger partial charge on any atom is 0.301 e. The molecular weight excluding hydrogens is 426 g/mol. The number of anilines is 1. The molecule has 2 heterocycles. The molecule has 1 N–H and O–H groups in total. The van der Waals surface area contributed by atoms with Crippen molar-refractivity contribution in [3.05, 3.63) is 76.3 Å². The third-order valence-electron chi connectivity index (χ3n) is 5.02. The molecule has 32 heavy (non-hydrogen) atoms. The maximum absolute atomic E-state index is 13.1. The molecule has 1 unspecified atom stereocenters. The Hall–Kier alpha value is -3.52. The van der Waals surface area contributed by atoms with Gasteiger partial charge in [0, 0.05) is 5.56 Å². The summed E-state index contributed by atoms with van der Waals surface area (Å²) in [5.41, 5.74) is 1.14. The van der Waals surface area contributed by atoms with Gasteiger partial charge in [-0.05, 0) is 38.0 Å². The highest BCUT2D eigenvalue weighted by Gasteiger charge is 2.48. The molecule has 1 aliphatic heterocycles. The van der Waals surface area contributed by atoms with Gasteiger partial charge in [0.15, 0.2) is 0 Å². The average molecular weight is 450 g/mol. The van der Waals surface area contributed by atoms with Gasteiger partial charge in [-0.2, -0.15) is 0 Å². The van der Waals surface area contributed by atoms with E-state index in [4.69, 9.17) is 4.74 Å². The highest BCUT2D eigenvalue weighted by Crippen LogP contribution is 2.43. The van der Waals surface area contributed by atoms with Gasteiger partial charge < -0.3 is 9.84 Å². The molecule has 0 spiro atoms. The van der Waals surface area contributed by atoms with Crippen molar-refractivity contribution in [2.45, 2.75) is 39.3 Å². The number of ketones is 1. The first kappa shape index (κ1) is 21.7. The standard InChI is InChI=1S/C24H23N3O4S/c1-4-18-25-26-24(32-18)27-20(15-10-12-17(13-11-15)31-14(2)3)19(22(29)23(27)30)21(28)16-8-6-5-7-9-16/h5-14,20,28H,4H2,1-3H3/b21-19+. The Kier molecular flexibility index (Phi) is 6.05. The summed E-state index contributed by atoms with van der Waals surface area (Å²) in [6, 6.07) is 15.0. The molecule has 3 aromatic rings. The number of ether oxygens (including phenoxy) is 1. The second kappa shape index (κ2) is 8.92. The van der Waals surface area contributed by atoms with Gasteiger partial charge in [-0.25, -0.2) is 0 Å². The first-order valence-electron chi connectivity index (χ1n) is 10.4. The highest BCUT2D eigenvalue weighted by molar-refractivity contribution is 7.15. The quantitative estimate of drug-likeness (QED) is 0.338. The van der Waals surface area contributed by atoms with E-state index in [0.717, 1.165) is 5.01 Å². The van der Waals surface area contributed by atoms with Gasteiger partial charge in [0.25, 0.3) is 5.78 Å². The van der Waals surface area contributed by atoms with Gasteiger partial charge in [-0.1, -0.05) is 60.7 Å². The van der Waals surface area contributed by atoms with E-state index >= 15 is 0 Å². The van der Waals surface area contributed by atoms with Crippen molar-refractivity contribution in [2.75, 3.05) is 4.90 Å². The number of carbonyl (C=O) groups excluding carboxylic acids is 2. The van der Waals surface area contributed by atoms with Crippen LogP contribution in [0.5, 0.6) is 5.75 Å². The Bertz CT molecular complexity index is 1170. The molecule has 1 amide bonds. The monoisotopic (exact) mass is 449 g/mol. The summed E-state index contributed by atoms with van der Waals surface area (Å²) >= 11 is 1.26. The van der Waals surface area contributed by atoms with Crippen LogP contribution < -0.4 is 9.64 Å². The molecule has 0 saturated carbocycles. The Labute approximate surface area is 190 Å². The Morgan fingerprint density at radius 2 is 1.78 bits per heavy atom. The number of benzene rings is 2. The first-order chi connectivity index (χ1) is 15.4. The summed E-state index contributed by atoms with van der Waals surface area (Å²) in [5, 5.41) is 20.4. The Balaban J connectivity index is 1.87. The van der Waals surface area contributed by atoms with Gasteiger partial charge >= 0.3 is 5.91 Å². The number of amides is 1. The lowest BCUT2D eigenvalue weighted by molar-refractivity contribution is -0.132. The number of rotatable bonds is 6. The number of aryl methyl sites for hydroxylation is 1. The van der Waals surface area contributed by atoms with E-state index < -0.39 is 17.7 Å². The second-order valence-electron chi connectivity index (χ2n) is 7.60. The molecule has 8 heteroatoms. The van der Waals surface area contributed by atoms with Crippen LogP contribution in [0.1, 0.15) is 42.9 Å². The Morgan fingerprint density at radius 3 is 2.38 bits per heavy atom. The zero-order valence-corrected chi connectivity index (χ0v) is 18.8. The fourth-order valence-corrected chi connectivity index (χ4v) is 4.39. The van der Waals surface area contributed by atoms with E-state index in [1.54, 1.807) is 48.5 Å². The summed E-state index contributed by atoms with van der Waals surface area (Å²) in [4.78, 5) is 27.5. The van der Waals surface area contributed by atoms with Crippen molar-refractivity contribution < 1.29 is 19.4 Å². The summed E-state index contributed by atoms with van der Waals surface area (Å²) in [7, 11) is 0. The third kappa shape index (κ3) is 4.01. The van der Waals surface area contributed by atoms with Gasteiger partial charge in [0.2, 0.25) is 5.13 Å². The van der Waals surface area contributed by atoms with Gasteiger partial charge in [-0.3, -0.25) is 14.5 Å². The molecular formula is C24H23N3O4S. The number of carbonyl (C=O) groups is 2. The van der Waals surface area contributed by atoms with Crippen LogP contribution in [0.25, 0.3) is 5.76 Å². The second-order valence-corrected chi connectivity index (χ2v) is 8.64. The summed E-state index contributed by atoms with van der Waals surface area (Å²) < 4.78 is 5.72. The van der Waals surface area contributed by atoms with Crippen molar-refractivity contribution in [1.29, 1.82) is 0 Å². The molecule has 1 aliphatic rings. The Morgan fingerprint density at radius 1 is 1.09 bits per heavy atom. The average Bonchev–Trinajstić information content (AvgIpc) is 3.37. The third-order valence-corrected chi connectivity index (χ3v) is 6.09. The minimum atomic E-state index is -0.832. The maximum atomic E-state index is 13.1. The fourth-order valence-electron chi connectivity index (χ4n) is 3.58. The number of hydrogen-bond donors (Lipinski definition) is 1. The van der Waals surface area contributed by atoms with E-state index in [1.165, 1.54) is 16.2 Å². The smallest absolute Gasteiger partial charge is 0.301 e. The highest BCUT2D eigenvalue weighted by atomic mass is 32.1. The SMILES string of the molecule is CCc1nnc(N2C(=O)C(=O)/C(=C(/O)c3ccccc3)C2c2ccc(OC(C)C)cc2)s1. The summed E-state index contributed by atoms with van der Waals surface area (Å²) in [6.45, 7) is 5.81. The van der Waals surface area contributed by atoms with Crippen LogP contribution in [0.15, 0.2) is 60.2 Å². The van der Waals surface area contributed by atoms with E-state index in [1.807, 2.05) is 26.8 Å². The predicted molar refractivity (Wildman–Crippen MR) is 123 cm³/mol. The fraction of sp³-hybridized carbons (Fsp3) is 0.250. The van der Waals surface area contributed by atoms with Crippen LogP contribution in [0.3, 0.4) is 0 Å². The lowest BCUT2D eigenvalue weighted by Gasteiger charge is -2.23. The molecule has 164 valence electrons. The number of aliphatic hydroxyl groups is 1. The van der Waals surface area contributed by atoms with E-state index in [2.05, 4.69) is 10.2 Å². The molecule has 0 aliphatic carbocycles. The number of aliphatic hydroxyl groups excluding tert-OH is 1. The molecule has 0 radical (unpaired) electrons. The van der Waals surface area contributed by atoms with Gasteiger partial charge in [0.05, 0.1) is 17.7 Å². The lowest BCUT2D eigenvalue weighted by atomic mass is 9.95. The van der Waals surface area contributed by atoms with Gasteiger partial charge in [0.1, 0.15) is 16.5 Å². The lowest BCUT2D eigenvalue weighted by Crippen LogP contribution is -2.29. The number of Topliss-reactive ketones (excluding diaryl/α,β-unsaturated/α-hetero) is 1. The molecule has 1 saturated heterocycles. The van der Waals surface area contributed by atoms with Crippen LogP contribution in [-0.4, -0.2) is 33.1 Å². The molecule has 1 atom stereocenters. The predicted octanol–water partition coefficient (Wildman–Crippen LogP) is 4.51. The van der Waals surface area contributed by atoms with Crippen molar-refractivity contribution in [1.82, 2.24) is 10.2 Å². The molecule has 2 aromatic carbocycles. The summed E-state index contributed by atoms with van der Waals surface area (Å²) in [5.74, 6) is -1.05. The minimum Gasteiger partial charge on any atom is -0.507 e. The number of hydrogen-bond acceptors (Lipinski definition) is 7. The van der Waals surface area contributed by atoms with Crippen LogP contribution in [0.2, 0.25) is 0 Å². The van der Waals surface area contributed by atoms with E-state index in [-0.39, 0.29) is 17.4 Å². The van der Waals surface area contributed by atoms with E-state index in [9.17, 15) is 14.7 Å². The van der Waals surface area contributed by atoms with Crippen molar-refractivity contribution >= 4 is 33.9 Å². The zero-order valence-electron chi connectivity index (χ0n) is 18.0. The van der Waals surface area contributed by atoms with Crippen molar-refractivity contribution in [3.8, 4) is 5.75 Å². The van der Waals surface area contributed by atoms with Crippen molar-refractivity contribution in [3.63, 3.8) is 0 Å². The van der Waals surface area contributed by atoms with E-state index in [0.29, 0.717) is 28.4 Å². The van der Waals surface area contributed by atoms with Crippen LogP contribution in [-0.2, 0) is 16.0 Å². The minimum absolute atomic E-state index is 0.0124. The van der Waals surface area contributed by atoms with Crippen molar-refractivity contribution in [2.24, 2.45) is 0 Å². The molecule has 1 fully saturated rings. The molecule has 7 nitrogen and oxygen atoms in total. The van der Waals surface area contributed by atoms with Crippen LogP contribution in [0, 0.1) is 0 Å². The molecule has 0 bridgehead atoms. The first-order valence-corrected chi connectivity index (χ1v) is 11.2. The van der Waals surface area contributed by atoms with Crippen LogP contribution >= 0.6 is 11.3 Å². The zero-order chi connectivity index (χ0) is 22.8. The van der Waals surface area contributed by atoms with Gasteiger partial charge in [-0.15, -0.1) is 10.2 Å². The largest absolute Gasteiger partial charge is 0.507 e. The summed E-state index contributed by atoms with van der Waals surface area (Å²) in [6.07, 6.45) is 0.677. The number of aromatic nitrogens is 2. The molecule has 4 rings (SSSR count). The molecule has 1 aromatic heterocycles.